The lowest BCUT2D eigenvalue weighted by Crippen LogP contribution is -2.30. The van der Waals surface area contributed by atoms with Crippen LogP contribution in [0.3, 0.4) is 0 Å². The second-order valence-electron chi connectivity index (χ2n) is 2.68. The van der Waals surface area contributed by atoms with Crippen molar-refractivity contribution in [3.05, 3.63) is 23.8 Å². The molecular formula is C9H13NO. The molecule has 0 heterocycles. The first-order valence-electron chi connectivity index (χ1n) is 3.80. The van der Waals surface area contributed by atoms with Crippen molar-refractivity contribution in [2.75, 3.05) is 7.05 Å². The van der Waals surface area contributed by atoms with Crippen LogP contribution >= 0.6 is 0 Å². The van der Waals surface area contributed by atoms with Crippen LogP contribution in [-0.2, 0) is 4.79 Å². The van der Waals surface area contributed by atoms with Crippen LogP contribution in [0.2, 0.25) is 0 Å². The summed E-state index contributed by atoms with van der Waals surface area (Å²) in [5.74, 6) is 0.161. The quantitative estimate of drug-likeness (QED) is 0.639. The summed E-state index contributed by atoms with van der Waals surface area (Å²) in [5.41, 5.74) is 0.884. The van der Waals surface area contributed by atoms with Gasteiger partial charge in [0.25, 0.3) is 0 Å². The number of hydrogen-bond donors (Lipinski definition) is 1. The molecule has 0 bridgehead atoms. The molecule has 1 N–H and O–H groups in total. The highest BCUT2D eigenvalue weighted by Crippen LogP contribution is 2.13. The molecule has 0 spiro atoms. The molecule has 0 saturated carbocycles. The maximum Gasteiger partial charge on any atom is 0.157 e. The normalized spacial score (nSPS) is 23.1. The molecule has 0 aromatic heterocycles. The van der Waals surface area contributed by atoms with Gasteiger partial charge in [0, 0.05) is 11.6 Å². The number of allylic oxidation sites excluding steroid dienone is 2. The van der Waals surface area contributed by atoms with E-state index in [1.165, 1.54) is 0 Å². The van der Waals surface area contributed by atoms with Crippen molar-refractivity contribution in [1.29, 1.82) is 0 Å². The van der Waals surface area contributed by atoms with Gasteiger partial charge < -0.3 is 5.32 Å². The van der Waals surface area contributed by atoms with Crippen molar-refractivity contribution in [1.82, 2.24) is 5.32 Å². The van der Waals surface area contributed by atoms with E-state index < -0.39 is 0 Å². The van der Waals surface area contributed by atoms with E-state index in [0.29, 0.717) is 0 Å². The highest BCUT2D eigenvalue weighted by molar-refractivity contribution is 5.95. The molecule has 1 unspecified atom stereocenters. The van der Waals surface area contributed by atoms with E-state index in [4.69, 9.17) is 0 Å². The van der Waals surface area contributed by atoms with Gasteiger partial charge >= 0.3 is 0 Å². The summed E-state index contributed by atoms with van der Waals surface area (Å²) in [6, 6.07) is 0.220. The zero-order chi connectivity index (χ0) is 8.27. The molecule has 11 heavy (non-hydrogen) atoms. The zero-order valence-corrected chi connectivity index (χ0v) is 6.92. The first-order chi connectivity index (χ1) is 5.25. The van der Waals surface area contributed by atoms with Gasteiger partial charge in [0.15, 0.2) is 5.78 Å². The smallest absolute Gasteiger partial charge is 0.157 e. The third-order valence-corrected chi connectivity index (χ3v) is 1.91. The molecule has 0 aromatic rings. The van der Waals surface area contributed by atoms with Crippen LogP contribution < -0.4 is 5.32 Å². The summed E-state index contributed by atoms with van der Waals surface area (Å²) in [5, 5.41) is 3.09. The number of ketones is 1. The Balaban J connectivity index is 2.78. The summed E-state index contributed by atoms with van der Waals surface area (Å²) in [4.78, 5) is 11.0. The van der Waals surface area contributed by atoms with Gasteiger partial charge in [-0.2, -0.15) is 0 Å². The van der Waals surface area contributed by atoms with Gasteiger partial charge in [0.2, 0.25) is 0 Å². The molecule has 2 nitrogen and oxygen atoms in total. The molecule has 0 aliphatic heterocycles. The second kappa shape index (κ2) is 3.49. The minimum Gasteiger partial charge on any atom is -0.313 e. The Morgan fingerprint density at radius 2 is 2.45 bits per heavy atom. The molecule has 0 saturated heterocycles. The number of hydrogen-bond acceptors (Lipinski definition) is 2. The summed E-state index contributed by atoms with van der Waals surface area (Å²) >= 11 is 0. The van der Waals surface area contributed by atoms with Gasteiger partial charge in [0.1, 0.15) is 0 Å². The maximum absolute atomic E-state index is 11.0. The lowest BCUT2D eigenvalue weighted by molar-refractivity contribution is -0.113. The molecule has 1 rings (SSSR count). The van der Waals surface area contributed by atoms with Gasteiger partial charge in [-0.15, -0.1) is 0 Å². The SMILES string of the molecule is CNC1CC=CC=C1C(C)=O. The Bertz CT molecular complexity index is 216. The van der Waals surface area contributed by atoms with Crippen molar-refractivity contribution in [2.24, 2.45) is 0 Å². The van der Waals surface area contributed by atoms with Crippen LogP contribution in [-0.4, -0.2) is 18.9 Å². The summed E-state index contributed by atoms with van der Waals surface area (Å²) < 4.78 is 0. The lowest BCUT2D eigenvalue weighted by Gasteiger charge is -2.18. The standard InChI is InChI=1S/C9H13NO/c1-7(11)8-5-3-4-6-9(8)10-2/h3-5,9-10H,6H2,1-2H3. The van der Waals surface area contributed by atoms with Gasteiger partial charge in [-0.05, 0) is 20.4 Å². The van der Waals surface area contributed by atoms with Crippen LogP contribution in [0.1, 0.15) is 13.3 Å². The monoisotopic (exact) mass is 151 g/mol. The van der Waals surface area contributed by atoms with Gasteiger partial charge in [-0.25, -0.2) is 0 Å². The highest BCUT2D eigenvalue weighted by Gasteiger charge is 2.15. The van der Waals surface area contributed by atoms with Crippen LogP contribution in [0.4, 0.5) is 0 Å². The van der Waals surface area contributed by atoms with Gasteiger partial charge in [-0.3, -0.25) is 4.79 Å². The average molecular weight is 151 g/mol. The minimum absolute atomic E-state index is 0.161. The lowest BCUT2D eigenvalue weighted by atomic mass is 9.96. The van der Waals surface area contributed by atoms with E-state index in [9.17, 15) is 4.79 Å². The van der Waals surface area contributed by atoms with E-state index >= 15 is 0 Å². The molecule has 0 radical (unpaired) electrons. The van der Waals surface area contributed by atoms with E-state index in [2.05, 4.69) is 11.4 Å². The fourth-order valence-electron chi connectivity index (χ4n) is 1.27. The number of rotatable bonds is 2. The third kappa shape index (κ3) is 1.77. The predicted molar refractivity (Wildman–Crippen MR) is 45.4 cm³/mol. The maximum atomic E-state index is 11.0. The van der Waals surface area contributed by atoms with Crippen molar-refractivity contribution < 1.29 is 4.79 Å². The second-order valence-corrected chi connectivity index (χ2v) is 2.68. The largest absolute Gasteiger partial charge is 0.313 e. The number of Topliss-reactive ketones (excluding diaryl/α,β-unsaturated/α-hetero) is 1. The molecule has 2 heteroatoms. The molecular weight excluding hydrogens is 138 g/mol. The number of carbonyl (C=O) groups excluding carboxylic acids is 1. The predicted octanol–water partition coefficient (Wildman–Crippen LogP) is 1.05. The summed E-state index contributed by atoms with van der Waals surface area (Å²) in [6.07, 6.45) is 6.80. The third-order valence-electron chi connectivity index (χ3n) is 1.91. The van der Waals surface area contributed by atoms with Crippen molar-refractivity contribution >= 4 is 5.78 Å². The fourth-order valence-corrected chi connectivity index (χ4v) is 1.27. The Hall–Kier alpha value is -0.890. The Labute approximate surface area is 67.0 Å². The van der Waals surface area contributed by atoms with Crippen molar-refractivity contribution in [3.63, 3.8) is 0 Å². The summed E-state index contributed by atoms with van der Waals surface area (Å²) in [7, 11) is 1.88. The Kier molecular flexibility index (Phi) is 2.60. The molecule has 0 aromatic carbocycles. The minimum atomic E-state index is 0.161. The summed E-state index contributed by atoms with van der Waals surface area (Å²) in [6.45, 7) is 1.61. The number of nitrogens with one attached hydrogen (secondary N) is 1. The van der Waals surface area contributed by atoms with Crippen molar-refractivity contribution in [2.45, 2.75) is 19.4 Å². The van der Waals surface area contributed by atoms with Crippen LogP contribution in [0, 0.1) is 0 Å². The molecule has 0 fully saturated rings. The van der Waals surface area contributed by atoms with Crippen LogP contribution in [0.5, 0.6) is 0 Å². The van der Waals surface area contributed by atoms with E-state index in [1.807, 2.05) is 19.2 Å². The number of carbonyl (C=O) groups is 1. The van der Waals surface area contributed by atoms with E-state index in [1.54, 1.807) is 6.92 Å². The Morgan fingerprint density at radius 1 is 1.73 bits per heavy atom. The molecule has 1 aliphatic rings. The average Bonchev–Trinajstić information content (AvgIpc) is 2.04. The Morgan fingerprint density at radius 3 is 2.91 bits per heavy atom. The molecule has 1 aliphatic carbocycles. The highest BCUT2D eigenvalue weighted by atomic mass is 16.1. The van der Waals surface area contributed by atoms with Crippen molar-refractivity contribution in [3.8, 4) is 0 Å². The van der Waals surface area contributed by atoms with E-state index in [-0.39, 0.29) is 11.8 Å². The zero-order valence-electron chi connectivity index (χ0n) is 6.92. The molecule has 0 amide bonds. The number of likely N-dealkylation sites (N-methyl/N-ethyl adjacent to an activating group) is 1. The first kappa shape index (κ1) is 8.21. The molecule has 60 valence electrons. The fraction of sp³-hybridized carbons (Fsp3) is 0.444. The van der Waals surface area contributed by atoms with Crippen LogP contribution in [0.25, 0.3) is 0 Å². The van der Waals surface area contributed by atoms with E-state index in [0.717, 1.165) is 12.0 Å². The molecule has 1 atom stereocenters. The van der Waals surface area contributed by atoms with Gasteiger partial charge in [0.05, 0.1) is 0 Å². The van der Waals surface area contributed by atoms with Crippen LogP contribution in [0.15, 0.2) is 23.8 Å². The topological polar surface area (TPSA) is 29.1 Å². The first-order valence-corrected chi connectivity index (χ1v) is 3.80. The van der Waals surface area contributed by atoms with Gasteiger partial charge in [-0.1, -0.05) is 18.2 Å².